The molecule has 0 aliphatic carbocycles. The third kappa shape index (κ3) is 4.17. The van der Waals surface area contributed by atoms with Crippen molar-refractivity contribution in [2.24, 2.45) is 0 Å². The Morgan fingerprint density at radius 1 is 1.50 bits per heavy atom. The molecule has 0 bridgehead atoms. The number of thiazole rings is 1. The summed E-state index contributed by atoms with van der Waals surface area (Å²) in [6.45, 7) is 13.6. The van der Waals surface area contributed by atoms with Crippen molar-refractivity contribution < 1.29 is 4.74 Å². The molecule has 0 saturated carbocycles. The quantitative estimate of drug-likeness (QED) is 0.796. The van der Waals surface area contributed by atoms with Gasteiger partial charge in [0.05, 0.1) is 23.9 Å². The molecule has 1 aromatic rings. The standard InChI is InChI=1S/C15H25ClN2OS/c1-14(2,3)12-9-20-13(17-12)8-18-7-11(6-16)19-15(4,5)10-18/h9,11H,6-8,10H2,1-5H3. The average Bonchev–Trinajstić information content (AvgIpc) is 2.75. The fourth-order valence-electron chi connectivity index (χ4n) is 2.54. The Morgan fingerprint density at radius 3 is 2.75 bits per heavy atom. The summed E-state index contributed by atoms with van der Waals surface area (Å²) in [7, 11) is 0. The van der Waals surface area contributed by atoms with Crippen LogP contribution in [0.4, 0.5) is 0 Å². The molecule has 2 heterocycles. The molecule has 0 amide bonds. The van der Waals surface area contributed by atoms with Crippen molar-refractivity contribution in [2.45, 2.75) is 58.3 Å². The van der Waals surface area contributed by atoms with Crippen molar-refractivity contribution in [3.05, 3.63) is 16.1 Å². The zero-order valence-electron chi connectivity index (χ0n) is 13.1. The van der Waals surface area contributed by atoms with Crippen LogP contribution in [0.2, 0.25) is 0 Å². The third-order valence-corrected chi connectivity index (χ3v) is 4.58. The predicted octanol–water partition coefficient (Wildman–Crippen LogP) is 3.66. The molecule has 1 aliphatic rings. The molecular formula is C15H25ClN2OS. The molecule has 1 fully saturated rings. The average molecular weight is 317 g/mol. The van der Waals surface area contributed by atoms with E-state index in [1.54, 1.807) is 11.3 Å². The van der Waals surface area contributed by atoms with Crippen LogP contribution in [0.5, 0.6) is 0 Å². The maximum absolute atomic E-state index is 5.98. The maximum atomic E-state index is 5.98. The zero-order valence-corrected chi connectivity index (χ0v) is 14.6. The fraction of sp³-hybridized carbons (Fsp3) is 0.800. The summed E-state index contributed by atoms with van der Waals surface area (Å²) in [5, 5.41) is 3.36. The number of hydrogen-bond donors (Lipinski definition) is 0. The second-order valence-electron chi connectivity index (χ2n) is 7.20. The minimum atomic E-state index is -0.137. The molecule has 1 saturated heterocycles. The summed E-state index contributed by atoms with van der Waals surface area (Å²) < 4.78 is 5.96. The normalized spacial score (nSPS) is 24.0. The van der Waals surface area contributed by atoms with Crippen molar-refractivity contribution in [2.75, 3.05) is 19.0 Å². The zero-order chi connectivity index (χ0) is 15.0. The minimum absolute atomic E-state index is 0.113. The van der Waals surface area contributed by atoms with Gasteiger partial charge < -0.3 is 4.74 Å². The first-order valence-corrected chi connectivity index (χ1v) is 8.52. The van der Waals surface area contributed by atoms with Crippen LogP contribution in [0.3, 0.4) is 0 Å². The molecule has 1 unspecified atom stereocenters. The van der Waals surface area contributed by atoms with E-state index < -0.39 is 0 Å². The number of nitrogens with zero attached hydrogens (tertiary/aromatic N) is 2. The Bertz CT molecular complexity index is 453. The van der Waals surface area contributed by atoms with E-state index in [-0.39, 0.29) is 17.1 Å². The Labute approximate surface area is 131 Å². The smallest absolute Gasteiger partial charge is 0.107 e. The summed E-state index contributed by atoms with van der Waals surface area (Å²) in [4.78, 5) is 7.18. The minimum Gasteiger partial charge on any atom is -0.368 e. The molecule has 20 heavy (non-hydrogen) atoms. The molecule has 1 aromatic heterocycles. The topological polar surface area (TPSA) is 25.4 Å². The van der Waals surface area contributed by atoms with Gasteiger partial charge in [0, 0.05) is 29.8 Å². The number of hydrogen-bond acceptors (Lipinski definition) is 4. The largest absolute Gasteiger partial charge is 0.368 e. The van der Waals surface area contributed by atoms with Gasteiger partial charge in [-0.2, -0.15) is 0 Å². The summed E-state index contributed by atoms with van der Waals surface area (Å²) in [6.07, 6.45) is 0.113. The van der Waals surface area contributed by atoms with E-state index in [1.807, 2.05) is 0 Å². The number of aromatic nitrogens is 1. The molecule has 3 nitrogen and oxygen atoms in total. The molecule has 0 N–H and O–H groups in total. The van der Waals surface area contributed by atoms with E-state index in [0.717, 1.165) is 19.6 Å². The monoisotopic (exact) mass is 316 g/mol. The molecule has 0 spiro atoms. The van der Waals surface area contributed by atoms with Crippen molar-refractivity contribution in [1.29, 1.82) is 0 Å². The van der Waals surface area contributed by atoms with Crippen LogP contribution in [0.15, 0.2) is 5.38 Å². The van der Waals surface area contributed by atoms with E-state index in [9.17, 15) is 0 Å². The van der Waals surface area contributed by atoms with E-state index in [2.05, 4.69) is 44.9 Å². The van der Waals surface area contributed by atoms with Gasteiger partial charge in [0.1, 0.15) is 5.01 Å². The highest BCUT2D eigenvalue weighted by molar-refractivity contribution is 7.09. The third-order valence-electron chi connectivity index (χ3n) is 3.40. The Balaban J connectivity index is 2.04. The first-order chi connectivity index (χ1) is 9.19. The SMILES string of the molecule is CC1(C)CN(Cc2nc(C(C)(C)C)cs2)CC(CCl)O1. The summed E-state index contributed by atoms with van der Waals surface area (Å²) in [6, 6.07) is 0. The van der Waals surface area contributed by atoms with Gasteiger partial charge in [-0.3, -0.25) is 4.90 Å². The Kier molecular flexibility index (Phi) is 4.80. The van der Waals surface area contributed by atoms with Crippen LogP contribution in [0, 0.1) is 0 Å². The fourth-order valence-corrected chi connectivity index (χ4v) is 3.76. The molecule has 1 aliphatic heterocycles. The molecule has 1 atom stereocenters. The van der Waals surface area contributed by atoms with Crippen LogP contribution >= 0.6 is 22.9 Å². The van der Waals surface area contributed by atoms with E-state index in [0.29, 0.717) is 5.88 Å². The number of halogens is 1. The van der Waals surface area contributed by atoms with Gasteiger partial charge in [0.15, 0.2) is 0 Å². The molecule has 0 aromatic carbocycles. The summed E-state index contributed by atoms with van der Waals surface area (Å²) >= 11 is 7.73. The molecular weight excluding hydrogens is 292 g/mol. The molecule has 5 heteroatoms. The number of ether oxygens (including phenoxy) is 1. The molecule has 114 valence electrons. The van der Waals surface area contributed by atoms with Gasteiger partial charge >= 0.3 is 0 Å². The highest BCUT2D eigenvalue weighted by Crippen LogP contribution is 2.27. The first kappa shape index (κ1) is 16.2. The van der Waals surface area contributed by atoms with Gasteiger partial charge in [-0.1, -0.05) is 20.8 Å². The van der Waals surface area contributed by atoms with Gasteiger partial charge in [0.2, 0.25) is 0 Å². The van der Waals surface area contributed by atoms with Crippen molar-refractivity contribution in [1.82, 2.24) is 9.88 Å². The van der Waals surface area contributed by atoms with Gasteiger partial charge in [0.25, 0.3) is 0 Å². The lowest BCUT2D eigenvalue weighted by Crippen LogP contribution is -2.52. The van der Waals surface area contributed by atoms with Crippen LogP contribution in [0.25, 0.3) is 0 Å². The predicted molar refractivity (Wildman–Crippen MR) is 85.8 cm³/mol. The van der Waals surface area contributed by atoms with Gasteiger partial charge in [-0.25, -0.2) is 4.98 Å². The first-order valence-electron chi connectivity index (χ1n) is 7.11. The number of morpholine rings is 1. The van der Waals surface area contributed by atoms with Gasteiger partial charge in [-0.05, 0) is 13.8 Å². The van der Waals surface area contributed by atoms with Gasteiger partial charge in [-0.15, -0.1) is 22.9 Å². The lowest BCUT2D eigenvalue weighted by molar-refractivity contribution is -0.129. The molecule has 0 radical (unpaired) electrons. The lowest BCUT2D eigenvalue weighted by Gasteiger charge is -2.42. The lowest BCUT2D eigenvalue weighted by atomic mass is 9.93. The second kappa shape index (κ2) is 5.91. The molecule has 2 rings (SSSR count). The van der Waals surface area contributed by atoms with E-state index >= 15 is 0 Å². The highest BCUT2D eigenvalue weighted by atomic mass is 35.5. The van der Waals surface area contributed by atoms with Crippen LogP contribution in [-0.4, -0.2) is 40.6 Å². The second-order valence-corrected chi connectivity index (χ2v) is 8.45. The van der Waals surface area contributed by atoms with Crippen LogP contribution in [-0.2, 0) is 16.7 Å². The summed E-state index contributed by atoms with van der Waals surface area (Å²) in [5.74, 6) is 0.547. The van der Waals surface area contributed by atoms with Crippen molar-refractivity contribution in [3.8, 4) is 0 Å². The van der Waals surface area contributed by atoms with E-state index in [4.69, 9.17) is 21.3 Å². The Morgan fingerprint density at radius 2 is 2.20 bits per heavy atom. The van der Waals surface area contributed by atoms with Crippen molar-refractivity contribution in [3.63, 3.8) is 0 Å². The summed E-state index contributed by atoms with van der Waals surface area (Å²) in [5.41, 5.74) is 1.17. The van der Waals surface area contributed by atoms with E-state index in [1.165, 1.54) is 10.7 Å². The highest BCUT2D eigenvalue weighted by Gasteiger charge is 2.33. The van der Waals surface area contributed by atoms with Crippen molar-refractivity contribution >= 4 is 22.9 Å². The Hall–Kier alpha value is -0.160. The number of rotatable bonds is 3. The van der Waals surface area contributed by atoms with Crippen LogP contribution in [0.1, 0.15) is 45.3 Å². The maximum Gasteiger partial charge on any atom is 0.107 e. The number of alkyl halides is 1. The van der Waals surface area contributed by atoms with Crippen LogP contribution < -0.4 is 0 Å².